The summed E-state index contributed by atoms with van der Waals surface area (Å²) < 4.78 is 0. The molecule has 1 amide bonds. The van der Waals surface area contributed by atoms with Gasteiger partial charge in [0, 0.05) is 0 Å². The van der Waals surface area contributed by atoms with Crippen molar-refractivity contribution in [1.82, 2.24) is 5.32 Å². The Kier molecular flexibility index (Phi) is 41.0. The van der Waals surface area contributed by atoms with E-state index in [4.69, 9.17) is 0 Å². The molecule has 0 saturated carbocycles. The second kappa shape index (κ2) is 41.9. The summed E-state index contributed by atoms with van der Waals surface area (Å²) in [5.41, 5.74) is 0. The lowest BCUT2D eigenvalue weighted by Crippen LogP contribution is -2.53. The lowest BCUT2D eigenvalue weighted by Gasteiger charge is -2.27. The van der Waals surface area contributed by atoms with Crippen LogP contribution < -0.4 is 5.32 Å². The van der Waals surface area contributed by atoms with Gasteiger partial charge in [0.15, 0.2) is 0 Å². The maximum absolute atomic E-state index is 12.5. The van der Waals surface area contributed by atoms with E-state index in [1.807, 2.05) is 0 Å². The predicted molar refractivity (Wildman–Crippen MR) is 228 cm³/mol. The zero-order valence-corrected chi connectivity index (χ0v) is 35.3. The van der Waals surface area contributed by atoms with Gasteiger partial charge in [0.05, 0.1) is 18.8 Å². The SMILES string of the molecule is CCCCC/C=C\CCCCCCC(O)C(=O)NC(CO)C(O)C(O)CCC/C=C/CCCCCCCCCCCCCCCCCCCCCCC. The van der Waals surface area contributed by atoms with E-state index in [0.717, 1.165) is 57.8 Å². The molecule has 5 N–H and O–H groups in total. The van der Waals surface area contributed by atoms with Crippen LogP contribution in [-0.4, -0.2) is 57.3 Å². The van der Waals surface area contributed by atoms with Crippen LogP contribution in [0.3, 0.4) is 0 Å². The maximum atomic E-state index is 12.5. The number of nitrogens with one attached hydrogen (secondary N) is 1. The first-order valence-corrected chi connectivity index (χ1v) is 23.2. The summed E-state index contributed by atoms with van der Waals surface area (Å²) in [5.74, 6) is -0.603. The first kappa shape index (κ1) is 51.8. The van der Waals surface area contributed by atoms with Crippen LogP contribution in [0.25, 0.3) is 0 Å². The molecule has 0 saturated heterocycles. The fourth-order valence-corrected chi connectivity index (χ4v) is 7.16. The number of allylic oxidation sites excluding steroid dienone is 4. The molecule has 0 aromatic rings. The minimum Gasteiger partial charge on any atom is -0.394 e. The smallest absolute Gasteiger partial charge is 0.249 e. The topological polar surface area (TPSA) is 110 Å². The number of hydrogen-bond acceptors (Lipinski definition) is 5. The van der Waals surface area contributed by atoms with Crippen molar-refractivity contribution in [2.75, 3.05) is 6.61 Å². The molecule has 0 aromatic carbocycles. The van der Waals surface area contributed by atoms with Gasteiger partial charge >= 0.3 is 0 Å². The highest BCUT2D eigenvalue weighted by Crippen LogP contribution is 2.16. The minimum absolute atomic E-state index is 0.349. The quantitative estimate of drug-likeness (QED) is 0.0315. The molecule has 0 spiro atoms. The molecule has 4 atom stereocenters. The van der Waals surface area contributed by atoms with E-state index in [0.29, 0.717) is 12.8 Å². The number of aliphatic hydroxyl groups is 4. The predicted octanol–water partition coefficient (Wildman–Crippen LogP) is 12.4. The van der Waals surface area contributed by atoms with Gasteiger partial charge in [-0.25, -0.2) is 0 Å². The van der Waals surface area contributed by atoms with Gasteiger partial charge in [-0.2, -0.15) is 0 Å². The molecular weight excluding hydrogens is 659 g/mol. The van der Waals surface area contributed by atoms with Crippen LogP contribution in [-0.2, 0) is 4.79 Å². The summed E-state index contributed by atoms with van der Waals surface area (Å²) in [4.78, 5) is 12.5. The van der Waals surface area contributed by atoms with Crippen molar-refractivity contribution in [2.24, 2.45) is 0 Å². The van der Waals surface area contributed by atoms with Gasteiger partial charge in [-0.05, 0) is 64.2 Å². The van der Waals surface area contributed by atoms with Crippen LogP contribution in [0.5, 0.6) is 0 Å². The zero-order valence-electron chi connectivity index (χ0n) is 35.3. The fraction of sp³-hybridized carbons (Fsp3) is 0.894. The zero-order chi connectivity index (χ0) is 38.9. The molecule has 0 rings (SSSR count). The summed E-state index contributed by atoms with van der Waals surface area (Å²) in [6.07, 6.45) is 48.1. The average Bonchev–Trinajstić information content (AvgIpc) is 3.16. The fourth-order valence-electron chi connectivity index (χ4n) is 7.16. The summed E-state index contributed by atoms with van der Waals surface area (Å²) >= 11 is 0. The Morgan fingerprint density at radius 1 is 0.453 bits per heavy atom. The van der Waals surface area contributed by atoms with Crippen molar-refractivity contribution < 1.29 is 25.2 Å². The lowest BCUT2D eigenvalue weighted by atomic mass is 10.00. The molecular formula is C47H91NO5. The normalized spacial score (nSPS) is 14.3. The van der Waals surface area contributed by atoms with Crippen LogP contribution in [0.1, 0.15) is 239 Å². The Labute approximate surface area is 329 Å². The summed E-state index contributed by atoms with van der Waals surface area (Å²) in [6.45, 7) is 4.01. The third-order valence-corrected chi connectivity index (χ3v) is 10.9. The lowest BCUT2D eigenvalue weighted by molar-refractivity contribution is -0.132. The molecule has 0 aliphatic heterocycles. The van der Waals surface area contributed by atoms with Gasteiger partial charge in [-0.3, -0.25) is 4.79 Å². The molecule has 0 aliphatic rings. The van der Waals surface area contributed by atoms with Gasteiger partial charge in [0.2, 0.25) is 5.91 Å². The number of carbonyl (C=O) groups is 1. The number of carbonyl (C=O) groups excluding carboxylic acids is 1. The number of rotatable bonds is 42. The third-order valence-electron chi connectivity index (χ3n) is 10.9. The molecule has 0 bridgehead atoms. The van der Waals surface area contributed by atoms with E-state index in [-0.39, 0.29) is 0 Å². The molecule has 0 aliphatic carbocycles. The molecule has 53 heavy (non-hydrogen) atoms. The summed E-state index contributed by atoms with van der Waals surface area (Å²) in [6, 6.07) is -1.00. The van der Waals surface area contributed by atoms with E-state index >= 15 is 0 Å². The van der Waals surface area contributed by atoms with Crippen LogP contribution in [0.15, 0.2) is 24.3 Å². The molecule has 314 valence electrons. The minimum atomic E-state index is -1.28. The van der Waals surface area contributed by atoms with Gasteiger partial charge < -0.3 is 25.7 Å². The van der Waals surface area contributed by atoms with Crippen LogP contribution in [0.2, 0.25) is 0 Å². The second-order valence-electron chi connectivity index (χ2n) is 16.1. The highest BCUT2D eigenvalue weighted by atomic mass is 16.3. The Hall–Kier alpha value is -1.21. The molecule has 0 aromatic heterocycles. The number of amides is 1. The Balaban J connectivity index is 3.67. The van der Waals surface area contributed by atoms with Crippen molar-refractivity contribution in [3.63, 3.8) is 0 Å². The second-order valence-corrected chi connectivity index (χ2v) is 16.1. The van der Waals surface area contributed by atoms with Crippen LogP contribution >= 0.6 is 0 Å². The molecule has 4 unspecified atom stereocenters. The van der Waals surface area contributed by atoms with Gasteiger partial charge in [-0.1, -0.05) is 199 Å². The molecule has 6 heteroatoms. The van der Waals surface area contributed by atoms with Crippen molar-refractivity contribution in [3.05, 3.63) is 24.3 Å². The van der Waals surface area contributed by atoms with E-state index < -0.39 is 36.9 Å². The van der Waals surface area contributed by atoms with Gasteiger partial charge in [-0.15, -0.1) is 0 Å². The van der Waals surface area contributed by atoms with E-state index in [1.165, 1.54) is 154 Å². The Morgan fingerprint density at radius 2 is 0.774 bits per heavy atom. The van der Waals surface area contributed by atoms with Gasteiger partial charge in [0.1, 0.15) is 12.2 Å². The summed E-state index contributed by atoms with van der Waals surface area (Å²) in [5, 5.41) is 43.6. The van der Waals surface area contributed by atoms with Crippen molar-refractivity contribution in [2.45, 2.75) is 263 Å². The monoisotopic (exact) mass is 750 g/mol. The largest absolute Gasteiger partial charge is 0.394 e. The van der Waals surface area contributed by atoms with Gasteiger partial charge in [0.25, 0.3) is 0 Å². The molecule has 6 nitrogen and oxygen atoms in total. The maximum Gasteiger partial charge on any atom is 0.249 e. The standard InChI is InChI=1S/C47H91NO5/c1-3-5-7-9-11-13-15-16-17-18-19-20-21-22-23-24-25-26-27-28-29-31-32-34-36-38-40-44(50)46(52)43(42-49)48-47(53)45(51)41-39-37-35-33-30-14-12-10-8-6-4-2/h12,14,32,34,43-46,49-52H,3-11,13,15-31,33,35-42H2,1-2H3,(H,48,53)/b14-12-,34-32+. The number of aliphatic hydroxyl groups excluding tert-OH is 4. The molecule has 0 fully saturated rings. The highest BCUT2D eigenvalue weighted by Gasteiger charge is 2.28. The highest BCUT2D eigenvalue weighted by molar-refractivity contribution is 5.80. The van der Waals surface area contributed by atoms with Crippen molar-refractivity contribution >= 4 is 5.91 Å². The number of hydrogen-bond donors (Lipinski definition) is 5. The van der Waals surface area contributed by atoms with Crippen LogP contribution in [0, 0.1) is 0 Å². The summed E-state index contributed by atoms with van der Waals surface area (Å²) in [7, 11) is 0. The molecule has 0 radical (unpaired) electrons. The van der Waals surface area contributed by atoms with Crippen molar-refractivity contribution in [3.8, 4) is 0 Å². The number of unbranched alkanes of at least 4 members (excludes halogenated alkanes) is 29. The van der Waals surface area contributed by atoms with Crippen LogP contribution in [0.4, 0.5) is 0 Å². The Bertz CT molecular complexity index is 802. The first-order valence-electron chi connectivity index (χ1n) is 23.2. The molecule has 0 heterocycles. The van der Waals surface area contributed by atoms with E-state index in [9.17, 15) is 25.2 Å². The average molecular weight is 750 g/mol. The first-order chi connectivity index (χ1) is 26.0. The van der Waals surface area contributed by atoms with E-state index in [2.05, 4.69) is 43.5 Å². The van der Waals surface area contributed by atoms with Crippen molar-refractivity contribution in [1.29, 1.82) is 0 Å². The van der Waals surface area contributed by atoms with E-state index in [1.54, 1.807) is 0 Å². The third kappa shape index (κ3) is 36.2. The Morgan fingerprint density at radius 3 is 1.17 bits per heavy atom.